The van der Waals surface area contributed by atoms with E-state index in [0.29, 0.717) is 36.9 Å². The van der Waals surface area contributed by atoms with Gasteiger partial charge in [0, 0.05) is 24.8 Å². The van der Waals surface area contributed by atoms with Crippen molar-refractivity contribution in [1.29, 1.82) is 0 Å². The summed E-state index contributed by atoms with van der Waals surface area (Å²) in [6.45, 7) is 11.7. The molecule has 2 amide bonds. The van der Waals surface area contributed by atoms with Gasteiger partial charge in [0.05, 0.1) is 17.5 Å². The summed E-state index contributed by atoms with van der Waals surface area (Å²) in [6, 6.07) is 21.0. The van der Waals surface area contributed by atoms with Gasteiger partial charge in [-0.1, -0.05) is 82.6 Å². The van der Waals surface area contributed by atoms with Crippen LogP contribution in [0.5, 0.6) is 0 Å². The van der Waals surface area contributed by atoms with Gasteiger partial charge in [-0.2, -0.15) is 0 Å². The first-order valence-electron chi connectivity index (χ1n) is 15.8. The Kier molecular flexibility index (Phi) is 9.36. The van der Waals surface area contributed by atoms with Crippen LogP contribution in [0.4, 0.5) is 10.1 Å². The molecule has 1 heterocycles. The van der Waals surface area contributed by atoms with Gasteiger partial charge in [-0.15, -0.1) is 0 Å². The Morgan fingerprint density at radius 1 is 0.953 bits per heavy atom. The van der Waals surface area contributed by atoms with E-state index in [0.717, 1.165) is 23.4 Å². The summed E-state index contributed by atoms with van der Waals surface area (Å²) in [5, 5.41) is 6.86. The maximum Gasteiger partial charge on any atom is 0.257 e. The number of rotatable bonds is 7. The van der Waals surface area contributed by atoms with E-state index in [1.165, 1.54) is 30.9 Å². The Labute approximate surface area is 256 Å². The van der Waals surface area contributed by atoms with Crippen LogP contribution in [-0.4, -0.2) is 29.3 Å². The lowest BCUT2D eigenvalue weighted by Crippen LogP contribution is -2.46. The fraction of sp³-hybridized carbons (Fsp3) is 0.459. The number of carbonyl (C=O) groups excluding carboxylic acids is 2. The number of hydrogen-bond donors (Lipinski definition) is 2. The standard InChI is InChI=1S/C37H46FN3O2/c1-24-10-7-16-32(24)39-23-26-17-19-27(20-18-26)34-30(35(42)40-29-13-8-12-28(22-29)37(3,4)5)14-9-21-41(34)36(43)33-25(2)11-6-15-31(33)38/h6,8,11-13,15,17-20,22,24,30,32,34,39H,7,9-10,14,16,21,23H2,1-5H3,(H,40,42). The van der Waals surface area contributed by atoms with Gasteiger partial charge in [0.15, 0.2) is 0 Å². The highest BCUT2D eigenvalue weighted by Gasteiger charge is 2.40. The number of amides is 2. The van der Waals surface area contributed by atoms with Crippen molar-refractivity contribution in [2.45, 2.75) is 90.8 Å². The Balaban J connectivity index is 1.44. The van der Waals surface area contributed by atoms with Gasteiger partial charge in [-0.25, -0.2) is 4.39 Å². The Bertz CT molecular complexity index is 1420. The highest BCUT2D eigenvalue weighted by atomic mass is 19.1. The number of nitrogens with one attached hydrogen (secondary N) is 2. The predicted octanol–water partition coefficient (Wildman–Crippen LogP) is 7.94. The zero-order valence-electron chi connectivity index (χ0n) is 26.3. The number of benzene rings is 3. The van der Waals surface area contributed by atoms with Crippen molar-refractivity contribution < 1.29 is 14.0 Å². The molecule has 6 heteroatoms. The van der Waals surface area contributed by atoms with E-state index in [1.54, 1.807) is 24.0 Å². The number of likely N-dealkylation sites (tertiary alicyclic amines) is 1. The molecule has 0 aromatic heterocycles. The van der Waals surface area contributed by atoms with Crippen LogP contribution in [0, 0.1) is 24.6 Å². The molecule has 0 bridgehead atoms. The van der Waals surface area contributed by atoms with Crippen LogP contribution in [-0.2, 0) is 16.8 Å². The van der Waals surface area contributed by atoms with E-state index in [9.17, 15) is 9.59 Å². The number of hydrogen-bond acceptors (Lipinski definition) is 3. The van der Waals surface area contributed by atoms with E-state index in [4.69, 9.17) is 0 Å². The smallest absolute Gasteiger partial charge is 0.257 e. The molecule has 1 saturated heterocycles. The normalized spacial score (nSPS) is 22.4. The van der Waals surface area contributed by atoms with Crippen LogP contribution in [0.15, 0.2) is 66.7 Å². The van der Waals surface area contributed by atoms with Gasteiger partial charge in [-0.3, -0.25) is 9.59 Å². The molecular formula is C37H46FN3O2. The van der Waals surface area contributed by atoms with Crippen molar-refractivity contribution in [2.24, 2.45) is 11.8 Å². The molecule has 0 spiro atoms. The highest BCUT2D eigenvalue weighted by Crippen LogP contribution is 2.39. The molecule has 4 unspecified atom stereocenters. The number of nitrogens with zero attached hydrogens (tertiary/aromatic N) is 1. The Morgan fingerprint density at radius 3 is 2.37 bits per heavy atom. The molecule has 1 saturated carbocycles. The van der Waals surface area contributed by atoms with Crippen LogP contribution in [0.3, 0.4) is 0 Å². The van der Waals surface area contributed by atoms with Crippen LogP contribution in [0.25, 0.3) is 0 Å². The molecule has 2 aliphatic rings. The van der Waals surface area contributed by atoms with Crippen molar-refractivity contribution in [1.82, 2.24) is 10.2 Å². The molecule has 2 N–H and O–H groups in total. The number of carbonyl (C=O) groups is 2. The van der Waals surface area contributed by atoms with Crippen LogP contribution < -0.4 is 10.6 Å². The van der Waals surface area contributed by atoms with Crippen molar-refractivity contribution in [3.05, 3.63) is 100 Å². The predicted molar refractivity (Wildman–Crippen MR) is 171 cm³/mol. The van der Waals surface area contributed by atoms with E-state index in [-0.39, 0.29) is 22.8 Å². The largest absolute Gasteiger partial charge is 0.331 e. The van der Waals surface area contributed by atoms with Crippen molar-refractivity contribution in [3.63, 3.8) is 0 Å². The lowest BCUT2D eigenvalue weighted by molar-refractivity contribution is -0.123. The van der Waals surface area contributed by atoms with Gasteiger partial charge < -0.3 is 15.5 Å². The van der Waals surface area contributed by atoms with E-state index in [1.807, 2.05) is 30.3 Å². The van der Waals surface area contributed by atoms with Gasteiger partial charge >= 0.3 is 0 Å². The van der Waals surface area contributed by atoms with Gasteiger partial charge in [0.2, 0.25) is 5.91 Å². The zero-order chi connectivity index (χ0) is 30.7. The second-order valence-electron chi connectivity index (χ2n) is 13.6. The minimum absolute atomic E-state index is 0.0542. The Hall–Kier alpha value is -3.51. The maximum absolute atomic E-state index is 15.0. The minimum atomic E-state index is -0.531. The maximum atomic E-state index is 15.0. The van der Waals surface area contributed by atoms with Gasteiger partial charge in [0.25, 0.3) is 5.91 Å². The van der Waals surface area contributed by atoms with Gasteiger partial charge in [-0.05, 0) is 84.4 Å². The molecule has 3 aromatic carbocycles. The summed E-state index contributed by atoms with van der Waals surface area (Å²) in [7, 11) is 0. The van der Waals surface area contributed by atoms with Crippen molar-refractivity contribution in [2.75, 3.05) is 11.9 Å². The van der Waals surface area contributed by atoms with Crippen LogP contribution >= 0.6 is 0 Å². The highest BCUT2D eigenvalue weighted by molar-refractivity contribution is 5.98. The minimum Gasteiger partial charge on any atom is -0.331 e. The first-order valence-corrected chi connectivity index (χ1v) is 15.8. The first-order chi connectivity index (χ1) is 20.5. The molecule has 3 aromatic rings. The van der Waals surface area contributed by atoms with E-state index in [2.05, 4.69) is 56.5 Å². The molecule has 1 aliphatic carbocycles. The average molecular weight is 584 g/mol. The first kappa shape index (κ1) is 30.9. The summed E-state index contributed by atoms with van der Waals surface area (Å²) in [4.78, 5) is 29.7. The molecule has 4 atom stereocenters. The quantitative estimate of drug-likeness (QED) is 0.297. The lowest BCUT2D eigenvalue weighted by Gasteiger charge is -2.41. The van der Waals surface area contributed by atoms with E-state index >= 15 is 4.39 Å². The molecule has 5 nitrogen and oxygen atoms in total. The Morgan fingerprint density at radius 2 is 1.70 bits per heavy atom. The monoisotopic (exact) mass is 583 g/mol. The van der Waals surface area contributed by atoms with Crippen molar-refractivity contribution in [3.8, 4) is 0 Å². The zero-order valence-corrected chi connectivity index (χ0v) is 26.3. The van der Waals surface area contributed by atoms with Crippen LogP contribution in [0.2, 0.25) is 0 Å². The molecule has 43 heavy (non-hydrogen) atoms. The molecule has 0 radical (unpaired) electrons. The number of anilines is 1. The lowest BCUT2D eigenvalue weighted by atomic mass is 9.82. The third-order valence-corrected chi connectivity index (χ3v) is 9.41. The number of piperidine rings is 1. The fourth-order valence-corrected chi connectivity index (χ4v) is 6.79. The summed E-state index contributed by atoms with van der Waals surface area (Å²) < 4.78 is 15.0. The summed E-state index contributed by atoms with van der Waals surface area (Å²) in [6.07, 6.45) is 5.06. The third kappa shape index (κ3) is 7.01. The average Bonchev–Trinajstić information content (AvgIpc) is 3.40. The van der Waals surface area contributed by atoms with E-state index < -0.39 is 17.8 Å². The second-order valence-corrected chi connectivity index (χ2v) is 13.6. The summed E-state index contributed by atoms with van der Waals surface area (Å²) >= 11 is 0. The summed E-state index contributed by atoms with van der Waals surface area (Å²) in [5.74, 6) is -0.817. The fourth-order valence-electron chi connectivity index (χ4n) is 6.79. The van der Waals surface area contributed by atoms with Crippen molar-refractivity contribution >= 4 is 17.5 Å². The third-order valence-electron chi connectivity index (χ3n) is 9.41. The van der Waals surface area contributed by atoms with Gasteiger partial charge in [0.1, 0.15) is 5.82 Å². The van der Waals surface area contributed by atoms with Crippen LogP contribution in [0.1, 0.15) is 98.5 Å². The SMILES string of the molecule is Cc1cccc(F)c1C(=O)N1CCCC(C(=O)Nc2cccc(C(C)(C)C)c2)C1c1ccc(CNC2CCCC2C)cc1. The number of halogens is 1. The molecule has 1 aliphatic heterocycles. The topological polar surface area (TPSA) is 61.4 Å². The summed E-state index contributed by atoms with van der Waals surface area (Å²) in [5.41, 5.74) is 4.56. The molecule has 5 rings (SSSR count). The molecular weight excluding hydrogens is 537 g/mol. The number of aryl methyl sites for hydroxylation is 1. The molecule has 228 valence electrons. The second kappa shape index (κ2) is 13.0. The molecule has 2 fully saturated rings.